The van der Waals surface area contributed by atoms with E-state index in [0.717, 1.165) is 11.1 Å². The normalized spacial score (nSPS) is 18.0. The van der Waals surface area contributed by atoms with Gasteiger partial charge in [0.05, 0.1) is 10.9 Å². The molecule has 5 heteroatoms. The van der Waals surface area contributed by atoms with Crippen molar-refractivity contribution in [1.82, 2.24) is 4.31 Å². The van der Waals surface area contributed by atoms with Gasteiger partial charge in [-0.2, -0.15) is 0 Å². The van der Waals surface area contributed by atoms with Crippen LogP contribution in [0.2, 0.25) is 0 Å². The number of aryl methyl sites for hydroxylation is 1. The maximum absolute atomic E-state index is 13.0. The van der Waals surface area contributed by atoms with Gasteiger partial charge in [0, 0.05) is 12.6 Å². The minimum Gasteiger partial charge on any atom is -0.295 e. The molecule has 0 saturated carbocycles. The van der Waals surface area contributed by atoms with Crippen molar-refractivity contribution in [1.29, 1.82) is 0 Å². The molecule has 1 aliphatic heterocycles. The molecule has 0 unspecified atom stereocenters. The average molecular weight is 353 g/mol. The van der Waals surface area contributed by atoms with Crippen LogP contribution in [-0.2, 0) is 14.8 Å². The number of allylic oxidation sites excluding steroid dienone is 1. The highest BCUT2D eigenvalue weighted by Gasteiger charge is 2.31. The van der Waals surface area contributed by atoms with Crippen molar-refractivity contribution in [2.75, 3.05) is 0 Å². The molecule has 0 saturated heterocycles. The van der Waals surface area contributed by atoms with Crippen LogP contribution >= 0.6 is 0 Å². The van der Waals surface area contributed by atoms with Crippen molar-refractivity contribution in [3.05, 3.63) is 84.1 Å². The third kappa shape index (κ3) is 3.88. The zero-order chi connectivity index (χ0) is 17.9. The second-order valence-corrected chi connectivity index (χ2v) is 7.81. The number of hydrogen-bond donors (Lipinski definition) is 0. The fraction of sp³-hybridized carbons (Fsp3) is 0.150. The lowest BCUT2D eigenvalue weighted by Crippen LogP contribution is -2.38. The third-order valence-electron chi connectivity index (χ3n) is 4.05. The zero-order valence-corrected chi connectivity index (χ0v) is 14.7. The van der Waals surface area contributed by atoms with Crippen LogP contribution in [0.1, 0.15) is 17.5 Å². The van der Waals surface area contributed by atoms with Crippen molar-refractivity contribution in [3.8, 4) is 0 Å². The highest BCUT2D eigenvalue weighted by atomic mass is 32.2. The lowest BCUT2D eigenvalue weighted by atomic mass is 10.1. The van der Waals surface area contributed by atoms with E-state index in [1.54, 1.807) is 30.3 Å². The number of sulfonamides is 1. The SMILES string of the molecule is Cc1ccc(S(=O)(=O)N2C=CC(=O)C[C@@H]2/C=C\c2ccccc2)cc1. The quantitative estimate of drug-likeness (QED) is 0.845. The number of rotatable bonds is 4. The van der Waals surface area contributed by atoms with E-state index in [4.69, 9.17) is 0 Å². The van der Waals surface area contributed by atoms with Crippen LogP contribution in [0, 0.1) is 6.92 Å². The first-order valence-electron chi connectivity index (χ1n) is 8.01. The second kappa shape index (κ2) is 7.07. The molecule has 0 amide bonds. The molecule has 3 rings (SSSR count). The summed E-state index contributed by atoms with van der Waals surface area (Å²) in [5, 5.41) is 0. The lowest BCUT2D eigenvalue weighted by molar-refractivity contribution is -0.115. The first-order chi connectivity index (χ1) is 12.0. The Kier molecular flexibility index (Phi) is 4.86. The topological polar surface area (TPSA) is 54.5 Å². The molecule has 0 aliphatic carbocycles. The minimum absolute atomic E-state index is 0.0851. The van der Waals surface area contributed by atoms with E-state index >= 15 is 0 Å². The number of ketones is 1. The van der Waals surface area contributed by atoms with E-state index in [0.29, 0.717) is 0 Å². The molecule has 0 fully saturated rings. The van der Waals surface area contributed by atoms with Crippen LogP contribution < -0.4 is 0 Å². The molecule has 4 nitrogen and oxygen atoms in total. The van der Waals surface area contributed by atoms with E-state index in [1.165, 1.54) is 16.6 Å². The molecule has 0 bridgehead atoms. The highest BCUT2D eigenvalue weighted by Crippen LogP contribution is 2.25. The van der Waals surface area contributed by atoms with Gasteiger partial charge in [0.1, 0.15) is 0 Å². The molecule has 25 heavy (non-hydrogen) atoms. The number of carbonyl (C=O) groups excluding carboxylic acids is 1. The number of benzene rings is 2. The van der Waals surface area contributed by atoms with Gasteiger partial charge in [-0.25, -0.2) is 8.42 Å². The van der Waals surface area contributed by atoms with E-state index in [9.17, 15) is 13.2 Å². The Morgan fingerprint density at radius 2 is 1.72 bits per heavy atom. The molecule has 2 aromatic rings. The number of nitrogens with zero attached hydrogens (tertiary/aromatic N) is 1. The van der Waals surface area contributed by atoms with Crippen LogP contribution in [0.4, 0.5) is 0 Å². The summed E-state index contributed by atoms with van der Waals surface area (Å²) in [5.74, 6) is -0.0851. The molecule has 0 spiro atoms. The molecule has 0 aromatic heterocycles. The van der Waals surface area contributed by atoms with Crippen LogP contribution in [0.25, 0.3) is 6.08 Å². The van der Waals surface area contributed by atoms with Crippen LogP contribution in [0.15, 0.2) is 77.8 Å². The standard InChI is InChI=1S/C20H19NO3S/c1-16-7-11-20(12-8-16)25(23,24)21-14-13-19(22)15-18(21)10-9-17-5-3-2-4-6-17/h2-14,18H,15H2,1H3/b10-9-/t18-/m0/s1. The van der Waals surface area contributed by atoms with Gasteiger partial charge in [-0.15, -0.1) is 0 Å². The van der Waals surface area contributed by atoms with Gasteiger partial charge < -0.3 is 0 Å². The molecule has 1 heterocycles. The first kappa shape index (κ1) is 17.2. The first-order valence-corrected chi connectivity index (χ1v) is 9.45. The summed E-state index contributed by atoms with van der Waals surface area (Å²) in [4.78, 5) is 12.0. The summed E-state index contributed by atoms with van der Waals surface area (Å²) in [6.07, 6.45) is 6.42. The largest absolute Gasteiger partial charge is 0.295 e. The van der Waals surface area contributed by atoms with Crippen molar-refractivity contribution in [2.24, 2.45) is 0 Å². The maximum atomic E-state index is 13.0. The predicted molar refractivity (Wildman–Crippen MR) is 98.2 cm³/mol. The van der Waals surface area contributed by atoms with Crippen molar-refractivity contribution >= 4 is 21.9 Å². The summed E-state index contributed by atoms with van der Waals surface area (Å²) in [6, 6.07) is 15.8. The van der Waals surface area contributed by atoms with Crippen LogP contribution in [0.5, 0.6) is 0 Å². The van der Waals surface area contributed by atoms with Gasteiger partial charge in [-0.1, -0.05) is 60.2 Å². The van der Waals surface area contributed by atoms with E-state index in [1.807, 2.05) is 43.3 Å². The number of hydrogen-bond acceptors (Lipinski definition) is 3. The van der Waals surface area contributed by atoms with Gasteiger partial charge in [0.2, 0.25) is 0 Å². The van der Waals surface area contributed by atoms with Gasteiger partial charge in [0.15, 0.2) is 5.78 Å². The van der Waals surface area contributed by atoms with E-state index in [2.05, 4.69) is 0 Å². The van der Waals surface area contributed by atoms with Crippen molar-refractivity contribution in [3.63, 3.8) is 0 Å². The fourth-order valence-corrected chi connectivity index (χ4v) is 4.11. The summed E-state index contributed by atoms with van der Waals surface area (Å²) in [5.41, 5.74) is 1.95. The molecule has 1 aliphatic rings. The molecular weight excluding hydrogens is 334 g/mol. The van der Waals surface area contributed by atoms with Gasteiger partial charge in [-0.05, 0) is 30.7 Å². The summed E-state index contributed by atoms with van der Waals surface area (Å²) in [6.45, 7) is 1.90. The molecule has 1 atom stereocenters. The Hall–Kier alpha value is -2.66. The van der Waals surface area contributed by atoms with Crippen LogP contribution in [-0.4, -0.2) is 24.5 Å². The second-order valence-electron chi connectivity index (χ2n) is 5.97. The molecule has 0 N–H and O–H groups in total. The minimum atomic E-state index is -3.71. The summed E-state index contributed by atoms with van der Waals surface area (Å²) >= 11 is 0. The Morgan fingerprint density at radius 3 is 2.40 bits per heavy atom. The molecule has 2 aromatic carbocycles. The fourth-order valence-electron chi connectivity index (χ4n) is 2.66. The predicted octanol–water partition coefficient (Wildman–Crippen LogP) is 3.55. The summed E-state index contributed by atoms with van der Waals surface area (Å²) < 4.78 is 27.2. The van der Waals surface area contributed by atoms with E-state index < -0.39 is 16.1 Å². The van der Waals surface area contributed by atoms with Gasteiger partial charge in [-0.3, -0.25) is 9.10 Å². The smallest absolute Gasteiger partial charge is 0.264 e. The lowest BCUT2D eigenvalue weighted by Gasteiger charge is -2.30. The zero-order valence-electron chi connectivity index (χ0n) is 13.9. The molecule has 0 radical (unpaired) electrons. The van der Waals surface area contributed by atoms with Crippen LogP contribution in [0.3, 0.4) is 0 Å². The Bertz CT molecular complexity index is 913. The third-order valence-corrected chi connectivity index (χ3v) is 5.87. The number of carbonyl (C=O) groups is 1. The maximum Gasteiger partial charge on any atom is 0.264 e. The summed E-state index contributed by atoms with van der Waals surface area (Å²) in [7, 11) is -3.71. The van der Waals surface area contributed by atoms with Gasteiger partial charge in [0.25, 0.3) is 10.0 Å². The average Bonchev–Trinajstić information content (AvgIpc) is 2.61. The van der Waals surface area contributed by atoms with Gasteiger partial charge >= 0.3 is 0 Å². The van der Waals surface area contributed by atoms with Crippen molar-refractivity contribution < 1.29 is 13.2 Å². The van der Waals surface area contributed by atoms with E-state index in [-0.39, 0.29) is 17.1 Å². The Morgan fingerprint density at radius 1 is 1.04 bits per heavy atom. The van der Waals surface area contributed by atoms with Crippen molar-refractivity contribution in [2.45, 2.75) is 24.3 Å². The molecular formula is C20H19NO3S. The highest BCUT2D eigenvalue weighted by molar-refractivity contribution is 7.89. The Balaban J connectivity index is 1.94. The monoisotopic (exact) mass is 353 g/mol. The molecule has 128 valence electrons. The Labute approximate surface area is 148 Å².